The molecule has 1 heterocycles. The zero-order valence-corrected chi connectivity index (χ0v) is 17.1. The Hall–Kier alpha value is -2.34. The highest BCUT2D eigenvalue weighted by molar-refractivity contribution is 5.91. The first-order chi connectivity index (χ1) is 13.0. The first-order valence-corrected chi connectivity index (χ1v) is 9.64. The van der Waals surface area contributed by atoms with Crippen LogP contribution in [0.5, 0.6) is 5.75 Å². The summed E-state index contributed by atoms with van der Waals surface area (Å²) in [6.07, 6.45) is 2.47. The van der Waals surface area contributed by atoms with Crippen LogP contribution >= 0.6 is 0 Å². The van der Waals surface area contributed by atoms with Gasteiger partial charge in [-0.15, -0.1) is 0 Å². The summed E-state index contributed by atoms with van der Waals surface area (Å²) in [4.78, 5) is 20.5. The normalized spacial score (nSPS) is 12.2. The van der Waals surface area contributed by atoms with E-state index in [0.717, 1.165) is 18.7 Å². The quantitative estimate of drug-likeness (QED) is 0.631. The van der Waals surface area contributed by atoms with Gasteiger partial charge in [-0.1, -0.05) is 19.1 Å². The summed E-state index contributed by atoms with van der Waals surface area (Å²) in [5.74, 6) is 1.33. The van der Waals surface area contributed by atoms with Crippen LogP contribution in [0.15, 0.2) is 34.9 Å². The number of benzene rings is 1. The van der Waals surface area contributed by atoms with Gasteiger partial charge in [0.15, 0.2) is 5.69 Å². The zero-order chi connectivity index (χ0) is 19.8. The van der Waals surface area contributed by atoms with Crippen molar-refractivity contribution in [1.29, 1.82) is 0 Å². The van der Waals surface area contributed by atoms with E-state index in [2.05, 4.69) is 35.9 Å². The maximum atomic E-state index is 12.2. The minimum absolute atomic E-state index is 0.117. The summed E-state index contributed by atoms with van der Waals surface area (Å²) in [5, 5.41) is 0. The second-order valence-corrected chi connectivity index (χ2v) is 6.69. The van der Waals surface area contributed by atoms with E-state index >= 15 is 0 Å². The highest BCUT2D eigenvalue weighted by Gasteiger charge is 2.19. The van der Waals surface area contributed by atoms with Crippen LogP contribution in [-0.4, -0.2) is 46.9 Å². The van der Waals surface area contributed by atoms with E-state index < -0.39 is 0 Å². The topological polar surface area (TPSA) is 58.8 Å². The smallest absolute Gasteiger partial charge is 0.275 e. The van der Waals surface area contributed by atoms with Crippen LogP contribution in [0.3, 0.4) is 0 Å². The van der Waals surface area contributed by atoms with Crippen molar-refractivity contribution in [1.82, 2.24) is 14.8 Å². The fourth-order valence-corrected chi connectivity index (χ4v) is 2.71. The number of oxazole rings is 1. The number of carbonyl (C=O) groups excluding carboxylic acids is 1. The minimum Gasteiger partial charge on any atom is -0.494 e. The third-order valence-corrected chi connectivity index (χ3v) is 4.76. The van der Waals surface area contributed by atoms with E-state index in [1.807, 2.05) is 26.0 Å². The van der Waals surface area contributed by atoms with E-state index in [4.69, 9.17) is 9.15 Å². The lowest BCUT2D eigenvalue weighted by molar-refractivity contribution is 0.0796. The highest BCUT2D eigenvalue weighted by atomic mass is 16.5. The van der Waals surface area contributed by atoms with Gasteiger partial charge in [0, 0.05) is 26.2 Å². The molecule has 6 nitrogen and oxygen atoms in total. The van der Waals surface area contributed by atoms with Gasteiger partial charge in [-0.2, -0.15) is 0 Å². The van der Waals surface area contributed by atoms with Gasteiger partial charge in [0.05, 0.1) is 13.2 Å². The summed E-state index contributed by atoms with van der Waals surface area (Å²) >= 11 is 0. The Morgan fingerprint density at radius 3 is 2.48 bits per heavy atom. The molecular weight excluding hydrogens is 342 g/mol. The van der Waals surface area contributed by atoms with Gasteiger partial charge < -0.3 is 14.1 Å². The maximum Gasteiger partial charge on any atom is 0.275 e. The molecule has 2 rings (SSSR count). The molecule has 0 aliphatic rings. The van der Waals surface area contributed by atoms with Crippen molar-refractivity contribution in [2.45, 2.75) is 53.2 Å². The van der Waals surface area contributed by atoms with Crippen LogP contribution in [-0.2, 0) is 13.1 Å². The van der Waals surface area contributed by atoms with E-state index in [1.165, 1.54) is 11.8 Å². The fraction of sp³-hybridized carbons (Fsp3) is 0.524. The first kappa shape index (κ1) is 21.0. The molecule has 1 amide bonds. The van der Waals surface area contributed by atoms with Gasteiger partial charge in [0.1, 0.15) is 12.0 Å². The second kappa shape index (κ2) is 10.1. The number of nitrogens with zero attached hydrogens (tertiary/aromatic N) is 3. The molecule has 0 saturated carbocycles. The second-order valence-electron chi connectivity index (χ2n) is 6.69. The van der Waals surface area contributed by atoms with Crippen molar-refractivity contribution in [3.63, 3.8) is 0 Å². The Morgan fingerprint density at radius 1 is 1.19 bits per heavy atom. The highest BCUT2D eigenvalue weighted by Crippen LogP contribution is 2.18. The molecule has 0 unspecified atom stereocenters. The van der Waals surface area contributed by atoms with Gasteiger partial charge in [0.25, 0.3) is 5.91 Å². The standard InChI is InChI=1S/C21H31N3O3/c1-6-16(4)24(13-17-9-11-18(12-10-17)26-8-3)14-20-22-19(15-27-20)21(25)23(5)7-2/h9-12,15-16H,6-8,13-14H2,1-5H3/t16-/m0/s1. The van der Waals surface area contributed by atoms with Crippen LogP contribution in [0.1, 0.15) is 56.1 Å². The third-order valence-electron chi connectivity index (χ3n) is 4.76. The van der Waals surface area contributed by atoms with Gasteiger partial charge >= 0.3 is 0 Å². The summed E-state index contributed by atoms with van der Waals surface area (Å²) in [7, 11) is 1.76. The molecule has 2 aromatic rings. The summed E-state index contributed by atoms with van der Waals surface area (Å²) < 4.78 is 11.1. The van der Waals surface area contributed by atoms with E-state index in [1.54, 1.807) is 11.9 Å². The summed E-state index contributed by atoms with van der Waals surface area (Å²) in [5.41, 5.74) is 1.56. The Morgan fingerprint density at radius 2 is 1.89 bits per heavy atom. The number of ether oxygens (including phenoxy) is 1. The molecule has 0 aliphatic heterocycles. The molecule has 0 aliphatic carbocycles. The summed E-state index contributed by atoms with van der Waals surface area (Å²) in [6.45, 7) is 10.9. The molecule has 1 aromatic heterocycles. The van der Waals surface area contributed by atoms with Crippen LogP contribution in [0.2, 0.25) is 0 Å². The molecular formula is C21H31N3O3. The van der Waals surface area contributed by atoms with Gasteiger partial charge in [-0.05, 0) is 44.9 Å². The van der Waals surface area contributed by atoms with Crippen molar-refractivity contribution in [3.8, 4) is 5.75 Å². The van der Waals surface area contributed by atoms with Gasteiger partial charge in [-0.3, -0.25) is 9.69 Å². The van der Waals surface area contributed by atoms with Crippen molar-refractivity contribution in [2.24, 2.45) is 0 Å². The Kier molecular flexibility index (Phi) is 7.85. The largest absolute Gasteiger partial charge is 0.494 e. The van der Waals surface area contributed by atoms with Gasteiger partial charge in [-0.25, -0.2) is 4.98 Å². The van der Waals surface area contributed by atoms with Crippen LogP contribution in [0.4, 0.5) is 0 Å². The predicted octanol–water partition coefficient (Wildman–Crippen LogP) is 3.97. The molecule has 0 bridgehead atoms. The fourth-order valence-electron chi connectivity index (χ4n) is 2.71. The molecule has 6 heteroatoms. The van der Waals surface area contributed by atoms with Crippen molar-refractivity contribution < 1.29 is 13.9 Å². The lowest BCUT2D eigenvalue weighted by atomic mass is 10.1. The Bertz CT molecular complexity index is 712. The van der Waals surface area contributed by atoms with Crippen molar-refractivity contribution in [2.75, 3.05) is 20.2 Å². The summed E-state index contributed by atoms with van der Waals surface area (Å²) in [6, 6.07) is 8.52. The molecule has 1 aromatic carbocycles. The maximum absolute atomic E-state index is 12.2. The predicted molar refractivity (Wildman–Crippen MR) is 106 cm³/mol. The molecule has 0 radical (unpaired) electrons. The first-order valence-electron chi connectivity index (χ1n) is 9.64. The Balaban J connectivity index is 2.08. The van der Waals surface area contributed by atoms with E-state index in [9.17, 15) is 4.79 Å². The average molecular weight is 373 g/mol. The Labute approximate surface area is 162 Å². The molecule has 0 saturated heterocycles. The minimum atomic E-state index is -0.117. The lowest BCUT2D eigenvalue weighted by Crippen LogP contribution is -2.32. The van der Waals surface area contributed by atoms with E-state index in [-0.39, 0.29) is 5.91 Å². The molecule has 0 N–H and O–H groups in total. The zero-order valence-electron chi connectivity index (χ0n) is 17.1. The number of hydrogen-bond donors (Lipinski definition) is 0. The number of carbonyl (C=O) groups is 1. The molecule has 0 spiro atoms. The third kappa shape index (κ3) is 5.82. The number of rotatable bonds is 10. The number of hydrogen-bond acceptors (Lipinski definition) is 5. The SMILES string of the molecule is CCOc1ccc(CN(Cc2nc(C(=O)N(C)CC)co2)[C@@H](C)CC)cc1. The van der Waals surface area contributed by atoms with Crippen LogP contribution in [0.25, 0.3) is 0 Å². The van der Waals surface area contributed by atoms with Crippen LogP contribution in [0, 0.1) is 0 Å². The lowest BCUT2D eigenvalue weighted by Gasteiger charge is -2.27. The number of amides is 1. The monoisotopic (exact) mass is 373 g/mol. The molecule has 0 fully saturated rings. The van der Waals surface area contributed by atoms with Crippen LogP contribution < -0.4 is 4.74 Å². The molecule has 1 atom stereocenters. The van der Waals surface area contributed by atoms with Crippen molar-refractivity contribution in [3.05, 3.63) is 47.7 Å². The van der Waals surface area contributed by atoms with E-state index in [0.29, 0.717) is 37.3 Å². The molecule has 148 valence electrons. The van der Waals surface area contributed by atoms with Crippen molar-refractivity contribution >= 4 is 5.91 Å². The molecule has 27 heavy (non-hydrogen) atoms. The number of aromatic nitrogens is 1. The van der Waals surface area contributed by atoms with Gasteiger partial charge in [0.2, 0.25) is 5.89 Å². The average Bonchev–Trinajstić information content (AvgIpc) is 3.15.